The van der Waals surface area contributed by atoms with Gasteiger partial charge in [0, 0.05) is 31.3 Å². The molecule has 12 nitrogen and oxygen atoms in total. The molecule has 5 heterocycles. The van der Waals surface area contributed by atoms with Crippen molar-refractivity contribution in [3.05, 3.63) is 42.6 Å². The van der Waals surface area contributed by atoms with Crippen molar-refractivity contribution in [1.82, 2.24) is 15.3 Å². The number of cyclic esters (lactones) is 1. The highest BCUT2D eigenvalue weighted by molar-refractivity contribution is 5.90. The Balaban J connectivity index is 1.01. The number of ether oxygens (including phenoxy) is 5. The molecular weight excluding hydrogens is 494 g/mol. The number of rotatable bonds is 6. The van der Waals surface area contributed by atoms with Crippen molar-refractivity contribution >= 4 is 34.6 Å². The summed E-state index contributed by atoms with van der Waals surface area (Å²) in [6.07, 6.45) is 0.589. The summed E-state index contributed by atoms with van der Waals surface area (Å²) in [6, 6.07) is 10.8. The highest BCUT2D eigenvalue weighted by Crippen LogP contribution is 2.35. The van der Waals surface area contributed by atoms with Crippen LogP contribution in [0.2, 0.25) is 0 Å². The lowest BCUT2D eigenvalue weighted by molar-refractivity contribution is 0.0996. The summed E-state index contributed by atoms with van der Waals surface area (Å²) >= 11 is 0. The maximum absolute atomic E-state index is 12.5. The number of carbonyl (C=O) groups excluding carboxylic acids is 2. The molecule has 0 saturated carbocycles. The maximum atomic E-state index is 12.5. The van der Waals surface area contributed by atoms with Crippen molar-refractivity contribution in [1.29, 1.82) is 0 Å². The predicted molar refractivity (Wildman–Crippen MR) is 136 cm³/mol. The molecular formula is C26H27N5O7. The van der Waals surface area contributed by atoms with Gasteiger partial charge in [-0.3, -0.25) is 9.88 Å². The number of amides is 2. The molecule has 1 aromatic carbocycles. The third-order valence-corrected chi connectivity index (χ3v) is 6.69. The Kier molecular flexibility index (Phi) is 6.36. The third-order valence-electron chi connectivity index (χ3n) is 6.69. The van der Waals surface area contributed by atoms with E-state index in [9.17, 15) is 9.59 Å². The SMILES string of the molecule is COc1ccc2nccc(N3CCC(OC(=O)NC[C@@H]4CN(c5ccc6c(c5)OCCO6)C(=O)O4)C3)c2n1. The molecule has 12 heteroatoms. The normalized spacial score (nSPS) is 20.4. The van der Waals surface area contributed by atoms with Crippen molar-refractivity contribution in [3.63, 3.8) is 0 Å². The Morgan fingerprint density at radius 1 is 1.13 bits per heavy atom. The van der Waals surface area contributed by atoms with Gasteiger partial charge >= 0.3 is 12.2 Å². The van der Waals surface area contributed by atoms with Crippen LogP contribution in [0.25, 0.3) is 11.0 Å². The van der Waals surface area contributed by atoms with Crippen LogP contribution in [0.15, 0.2) is 42.6 Å². The number of alkyl carbamates (subject to hydrolysis) is 1. The van der Waals surface area contributed by atoms with Crippen LogP contribution >= 0.6 is 0 Å². The molecule has 3 aliphatic heterocycles. The number of carbonyl (C=O) groups is 2. The van der Waals surface area contributed by atoms with E-state index in [2.05, 4.69) is 20.2 Å². The topological polar surface area (TPSA) is 125 Å². The number of aromatic nitrogens is 2. The van der Waals surface area contributed by atoms with Gasteiger partial charge in [0.2, 0.25) is 5.88 Å². The van der Waals surface area contributed by atoms with Gasteiger partial charge in [0.15, 0.2) is 11.5 Å². The molecule has 3 aliphatic rings. The van der Waals surface area contributed by atoms with E-state index in [1.54, 1.807) is 37.6 Å². The highest BCUT2D eigenvalue weighted by Gasteiger charge is 2.34. The Hall–Kier alpha value is -4.48. The van der Waals surface area contributed by atoms with E-state index in [0.29, 0.717) is 62.3 Å². The second-order valence-corrected chi connectivity index (χ2v) is 9.14. The molecule has 2 saturated heterocycles. The first-order chi connectivity index (χ1) is 18.6. The van der Waals surface area contributed by atoms with Crippen molar-refractivity contribution < 1.29 is 33.3 Å². The third kappa shape index (κ3) is 4.76. The summed E-state index contributed by atoms with van der Waals surface area (Å²) in [5.41, 5.74) is 3.06. The number of fused-ring (bicyclic) bond motifs is 2. The van der Waals surface area contributed by atoms with E-state index in [1.807, 2.05) is 12.1 Å². The van der Waals surface area contributed by atoms with Crippen molar-refractivity contribution in [2.24, 2.45) is 0 Å². The molecule has 6 rings (SSSR count). The molecule has 198 valence electrons. The molecule has 1 unspecified atom stereocenters. The first-order valence-electron chi connectivity index (χ1n) is 12.4. The number of anilines is 2. The Labute approximate surface area is 218 Å². The smallest absolute Gasteiger partial charge is 0.414 e. The fourth-order valence-corrected chi connectivity index (χ4v) is 4.83. The number of pyridine rings is 2. The fourth-order valence-electron chi connectivity index (χ4n) is 4.83. The quantitative estimate of drug-likeness (QED) is 0.518. The number of benzene rings is 1. The molecule has 38 heavy (non-hydrogen) atoms. The summed E-state index contributed by atoms with van der Waals surface area (Å²) in [4.78, 5) is 37.5. The lowest BCUT2D eigenvalue weighted by Gasteiger charge is -2.21. The minimum atomic E-state index is -0.551. The van der Waals surface area contributed by atoms with Crippen LogP contribution in [0.3, 0.4) is 0 Å². The van der Waals surface area contributed by atoms with Gasteiger partial charge in [0.1, 0.15) is 30.9 Å². The van der Waals surface area contributed by atoms with Gasteiger partial charge in [-0.2, -0.15) is 0 Å². The molecule has 0 radical (unpaired) electrons. The van der Waals surface area contributed by atoms with E-state index in [-0.39, 0.29) is 12.6 Å². The molecule has 0 aliphatic carbocycles. The van der Waals surface area contributed by atoms with Crippen LogP contribution in [-0.2, 0) is 9.47 Å². The number of hydrogen-bond donors (Lipinski definition) is 1. The van der Waals surface area contributed by atoms with Gasteiger partial charge in [0.05, 0.1) is 43.6 Å². The maximum Gasteiger partial charge on any atom is 0.414 e. The summed E-state index contributed by atoms with van der Waals surface area (Å²) in [5.74, 6) is 1.75. The lowest BCUT2D eigenvalue weighted by Crippen LogP contribution is -2.37. The molecule has 1 N–H and O–H groups in total. The van der Waals surface area contributed by atoms with Crippen molar-refractivity contribution in [2.45, 2.75) is 18.6 Å². The molecule has 2 atom stereocenters. The lowest BCUT2D eigenvalue weighted by atomic mass is 10.2. The largest absolute Gasteiger partial charge is 0.486 e. The zero-order chi connectivity index (χ0) is 26.1. The van der Waals surface area contributed by atoms with Gasteiger partial charge in [0.25, 0.3) is 0 Å². The standard InChI is InChI=1S/C26H27N5O7/c1-34-23-5-3-19-24(29-23)20(6-8-27-19)30-9-7-17(14-30)37-25(32)28-13-18-15-31(26(33)38-18)16-2-4-21-22(12-16)36-11-10-35-21/h2-6,8,12,17-18H,7,9-11,13-15H2,1H3,(H,28,32)/t17?,18-/m1/s1. The predicted octanol–water partition coefficient (Wildman–Crippen LogP) is 2.74. The first kappa shape index (κ1) is 23.9. The Morgan fingerprint density at radius 3 is 2.87 bits per heavy atom. The first-order valence-corrected chi connectivity index (χ1v) is 12.4. The fraction of sp³-hybridized carbons (Fsp3) is 0.385. The van der Waals surface area contributed by atoms with E-state index < -0.39 is 18.3 Å². The van der Waals surface area contributed by atoms with E-state index >= 15 is 0 Å². The molecule has 2 fully saturated rings. The second-order valence-electron chi connectivity index (χ2n) is 9.14. The van der Waals surface area contributed by atoms with E-state index in [4.69, 9.17) is 23.7 Å². The van der Waals surface area contributed by atoms with Crippen LogP contribution in [0.4, 0.5) is 21.0 Å². The van der Waals surface area contributed by atoms with Gasteiger partial charge in [-0.25, -0.2) is 14.6 Å². The van der Waals surface area contributed by atoms with Crippen LogP contribution in [0, 0.1) is 0 Å². The van der Waals surface area contributed by atoms with Gasteiger partial charge in [-0.1, -0.05) is 0 Å². The highest BCUT2D eigenvalue weighted by atomic mass is 16.6. The Morgan fingerprint density at radius 2 is 2.00 bits per heavy atom. The summed E-state index contributed by atoms with van der Waals surface area (Å²) < 4.78 is 27.5. The number of hydrogen-bond acceptors (Lipinski definition) is 10. The van der Waals surface area contributed by atoms with Crippen molar-refractivity contribution in [2.75, 3.05) is 56.3 Å². The van der Waals surface area contributed by atoms with Crippen LogP contribution in [-0.4, -0.2) is 80.9 Å². The molecule has 2 aromatic heterocycles. The minimum absolute atomic E-state index is 0.140. The molecule has 2 amide bonds. The monoisotopic (exact) mass is 521 g/mol. The summed E-state index contributed by atoms with van der Waals surface area (Å²) in [5, 5.41) is 2.73. The van der Waals surface area contributed by atoms with Crippen LogP contribution < -0.4 is 29.3 Å². The van der Waals surface area contributed by atoms with Gasteiger partial charge in [-0.15, -0.1) is 0 Å². The minimum Gasteiger partial charge on any atom is -0.486 e. The summed E-state index contributed by atoms with van der Waals surface area (Å²) in [7, 11) is 1.57. The molecule has 0 bridgehead atoms. The van der Waals surface area contributed by atoms with Crippen LogP contribution in [0.1, 0.15) is 6.42 Å². The second kappa shape index (κ2) is 10.1. The molecule has 0 spiro atoms. The number of methoxy groups -OCH3 is 1. The number of nitrogens with zero attached hydrogens (tertiary/aromatic N) is 4. The van der Waals surface area contributed by atoms with E-state index in [0.717, 1.165) is 16.7 Å². The molecule has 3 aromatic rings. The van der Waals surface area contributed by atoms with Gasteiger partial charge < -0.3 is 33.9 Å². The van der Waals surface area contributed by atoms with E-state index in [1.165, 1.54) is 4.90 Å². The van der Waals surface area contributed by atoms with Gasteiger partial charge in [-0.05, 0) is 24.3 Å². The number of nitrogens with one attached hydrogen (secondary N) is 1. The Bertz CT molecular complexity index is 1370. The van der Waals surface area contributed by atoms with Crippen LogP contribution in [0.5, 0.6) is 17.4 Å². The average molecular weight is 522 g/mol. The summed E-state index contributed by atoms with van der Waals surface area (Å²) in [6.45, 7) is 2.62. The zero-order valence-electron chi connectivity index (χ0n) is 20.8. The average Bonchev–Trinajstić information content (AvgIpc) is 3.57. The zero-order valence-corrected chi connectivity index (χ0v) is 20.8. The van der Waals surface area contributed by atoms with Crippen molar-refractivity contribution in [3.8, 4) is 17.4 Å².